The lowest BCUT2D eigenvalue weighted by atomic mass is 9.94. The van der Waals surface area contributed by atoms with Gasteiger partial charge in [-0.05, 0) is 49.4 Å². The van der Waals surface area contributed by atoms with Crippen molar-refractivity contribution in [2.75, 3.05) is 20.1 Å². The Labute approximate surface area is 166 Å². The van der Waals surface area contributed by atoms with Crippen LogP contribution in [-0.4, -0.2) is 40.4 Å². The van der Waals surface area contributed by atoms with E-state index in [0.717, 1.165) is 31.6 Å². The van der Waals surface area contributed by atoms with Gasteiger partial charge in [-0.1, -0.05) is 11.6 Å². The molecule has 0 spiro atoms. The number of benzene rings is 1. The Morgan fingerprint density at radius 3 is 2.79 bits per heavy atom. The third-order valence-electron chi connectivity index (χ3n) is 5.88. The summed E-state index contributed by atoms with van der Waals surface area (Å²) in [6, 6.07) is 10.8. The Balaban J connectivity index is 1.80. The van der Waals surface area contributed by atoms with Crippen LogP contribution in [0.25, 0.3) is 10.9 Å². The summed E-state index contributed by atoms with van der Waals surface area (Å²) in [4.78, 5) is 18.7. The van der Waals surface area contributed by atoms with Gasteiger partial charge in [0.05, 0.1) is 6.54 Å². The molecule has 146 valence electrons. The number of aromatic nitrogens is 2. The summed E-state index contributed by atoms with van der Waals surface area (Å²) in [5.41, 5.74) is 12.2. The predicted octanol–water partition coefficient (Wildman–Crippen LogP) is 3.03. The molecule has 0 bridgehead atoms. The number of hydrogen-bond acceptors (Lipinski definition) is 4. The summed E-state index contributed by atoms with van der Waals surface area (Å²) in [6.45, 7) is 5.06. The lowest BCUT2D eigenvalue weighted by Gasteiger charge is -2.26. The molecule has 28 heavy (non-hydrogen) atoms. The fraction of sp³-hybridized carbons (Fsp3) is 0.391. The molecule has 3 aromatic rings. The van der Waals surface area contributed by atoms with E-state index in [1.807, 2.05) is 12.1 Å². The summed E-state index contributed by atoms with van der Waals surface area (Å²) >= 11 is 0. The zero-order chi connectivity index (χ0) is 19.7. The van der Waals surface area contributed by atoms with Crippen LogP contribution >= 0.6 is 0 Å². The fourth-order valence-corrected chi connectivity index (χ4v) is 4.41. The molecule has 5 nitrogen and oxygen atoms in total. The minimum absolute atomic E-state index is 0.0934. The van der Waals surface area contributed by atoms with Crippen molar-refractivity contribution in [2.24, 2.45) is 5.73 Å². The number of likely N-dealkylation sites (N-methyl/N-ethyl adjacent to an activating group) is 1. The minimum Gasteiger partial charge on any atom is -0.344 e. The maximum absolute atomic E-state index is 12.2. The standard InChI is InChI=1S/C23H28N4O/c1-16-3-4-22-20(11-16)21-15-26(2)10-7-23(21)27(22)14-18(12-19(28)13-24)17-5-8-25-9-6-17/h3-6,8-9,11,18H,7,10,12-15,24H2,1-2H3. The first kappa shape index (κ1) is 18.8. The van der Waals surface area contributed by atoms with E-state index in [2.05, 4.69) is 46.6 Å². The Kier molecular flexibility index (Phi) is 5.29. The molecule has 0 fully saturated rings. The largest absolute Gasteiger partial charge is 0.344 e. The van der Waals surface area contributed by atoms with Crippen LogP contribution in [0.4, 0.5) is 0 Å². The lowest BCUT2D eigenvalue weighted by molar-refractivity contribution is -0.118. The van der Waals surface area contributed by atoms with E-state index in [9.17, 15) is 4.79 Å². The Bertz CT molecular complexity index is 993. The number of hydrogen-bond donors (Lipinski definition) is 1. The van der Waals surface area contributed by atoms with E-state index in [1.54, 1.807) is 12.4 Å². The second kappa shape index (κ2) is 7.86. The van der Waals surface area contributed by atoms with Gasteiger partial charge in [0.15, 0.2) is 0 Å². The Hall–Kier alpha value is -2.50. The number of carbonyl (C=O) groups is 1. The first-order valence-electron chi connectivity index (χ1n) is 9.97. The second-order valence-corrected chi connectivity index (χ2v) is 7.97. The number of nitrogens with two attached hydrogens (primary N) is 1. The van der Waals surface area contributed by atoms with Crippen LogP contribution in [0.1, 0.15) is 34.7 Å². The number of rotatable bonds is 6. The molecule has 0 amide bonds. The van der Waals surface area contributed by atoms with Crippen molar-refractivity contribution in [1.82, 2.24) is 14.5 Å². The van der Waals surface area contributed by atoms with E-state index < -0.39 is 0 Å². The molecule has 0 aliphatic carbocycles. The predicted molar refractivity (Wildman–Crippen MR) is 112 cm³/mol. The maximum Gasteiger partial charge on any atom is 0.147 e. The molecule has 1 aromatic carbocycles. The molecule has 0 saturated carbocycles. The van der Waals surface area contributed by atoms with Crippen molar-refractivity contribution >= 4 is 16.7 Å². The van der Waals surface area contributed by atoms with Gasteiger partial charge in [-0.25, -0.2) is 0 Å². The smallest absolute Gasteiger partial charge is 0.147 e. The number of ketones is 1. The molecule has 1 aliphatic rings. The number of nitrogens with zero attached hydrogens (tertiary/aromatic N) is 3. The fourth-order valence-electron chi connectivity index (χ4n) is 4.41. The molecular weight excluding hydrogens is 348 g/mol. The van der Waals surface area contributed by atoms with Crippen LogP contribution in [0.3, 0.4) is 0 Å². The average molecular weight is 377 g/mol. The molecule has 4 rings (SSSR count). The molecule has 0 radical (unpaired) electrons. The topological polar surface area (TPSA) is 64.1 Å². The van der Waals surface area contributed by atoms with Crippen LogP contribution < -0.4 is 5.73 Å². The molecule has 1 unspecified atom stereocenters. The molecule has 5 heteroatoms. The molecule has 2 aromatic heterocycles. The monoisotopic (exact) mass is 376 g/mol. The second-order valence-electron chi connectivity index (χ2n) is 7.97. The summed E-state index contributed by atoms with van der Waals surface area (Å²) in [5.74, 6) is 0.197. The quantitative estimate of drug-likeness (QED) is 0.718. The van der Waals surface area contributed by atoms with E-state index in [4.69, 9.17) is 5.73 Å². The highest BCUT2D eigenvalue weighted by molar-refractivity contribution is 5.86. The van der Waals surface area contributed by atoms with Crippen LogP contribution in [0, 0.1) is 6.92 Å². The van der Waals surface area contributed by atoms with Crippen molar-refractivity contribution in [3.63, 3.8) is 0 Å². The molecule has 1 atom stereocenters. The minimum atomic E-state index is 0.0934. The maximum atomic E-state index is 12.2. The van der Waals surface area contributed by atoms with Gasteiger partial charge in [-0.15, -0.1) is 0 Å². The van der Waals surface area contributed by atoms with Crippen molar-refractivity contribution in [3.8, 4) is 0 Å². The number of pyridine rings is 1. The summed E-state index contributed by atoms with van der Waals surface area (Å²) in [5, 5.41) is 1.35. The average Bonchev–Trinajstić information content (AvgIpc) is 3.00. The number of fused-ring (bicyclic) bond motifs is 3. The molecule has 2 N–H and O–H groups in total. The van der Waals surface area contributed by atoms with Gasteiger partial charge >= 0.3 is 0 Å². The van der Waals surface area contributed by atoms with Gasteiger partial charge in [-0.3, -0.25) is 9.78 Å². The normalized spacial score (nSPS) is 15.5. The van der Waals surface area contributed by atoms with Crippen molar-refractivity contribution < 1.29 is 4.79 Å². The van der Waals surface area contributed by atoms with Gasteiger partial charge in [0.25, 0.3) is 0 Å². The summed E-state index contributed by atoms with van der Waals surface area (Å²) < 4.78 is 2.45. The van der Waals surface area contributed by atoms with Gasteiger partial charge in [0.1, 0.15) is 5.78 Å². The van der Waals surface area contributed by atoms with E-state index in [0.29, 0.717) is 6.42 Å². The molecular formula is C23H28N4O. The lowest BCUT2D eigenvalue weighted by Crippen LogP contribution is -2.28. The zero-order valence-corrected chi connectivity index (χ0v) is 16.7. The highest BCUT2D eigenvalue weighted by Crippen LogP contribution is 2.34. The van der Waals surface area contributed by atoms with Gasteiger partial charge in [0.2, 0.25) is 0 Å². The summed E-state index contributed by atoms with van der Waals surface area (Å²) in [7, 11) is 2.18. The van der Waals surface area contributed by atoms with Crippen LogP contribution in [0.15, 0.2) is 42.7 Å². The highest BCUT2D eigenvalue weighted by Gasteiger charge is 2.25. The summed E-state index contributed by atoms with van der Waals surface area (Å²) in [6.07, 6.45) is 5.10. The SMILES string of the molecule is Cc1ccc2c(c1)c1c(n2CC(CC(=O)CN)c2ccncc2)CCN(C)C1. The highest BCUT2D eigenvalue weighted by atomic mass is 16.1. The van der Waals surface area contributed by atoms with Gasteiger partial charge in [-0.2, -0.15) is 0 Å². The van der Waals surface area contributed by atoms with Crippen LogP contribution in [0.2, 0.25) is 0 Å². The van der Waals surface area contributed by atoms with E-state index >= 15 is 0 Å². The number of aryl methyl sites for hydroxylation is 1. The first-order chi connectivity index (χ1) is 13.6. The van der Waals surface area contributed by atoms with Crippen molar-refractivity contribution in [3.05, 3.63) is 65.1 Å². The van der Waals surface area contributed by atoms with E-state index in [-0.39, 0.29) is 18.2 Å². The van der Waals surface area contributed by atoms with Crippen LogP contribution in [0.5, 0.6) is 0 Å². The molecule has 3 heterocycles. The third kappa shape index (κ3) is 3.60. The first-order valence-corrected chi connectivity index (χ1v) is 9.97. The molecule has 0 saturated heterocycles. The number of carbonyl (C=O) groups excluding carboxylic acids is 1. The molecule has 1 aliphatic heterocycles. The van der Waals surface area contributed by atoms with Gasteiger partial charge in [0, 0.05) is 67.4 Å². The third-order valence-corrected chi connectivity index (χ3v) is 5.88. The number of Topliss-reactive ketones (excluding diaryl/α,β-unsaturated/α-hetero) is 1. The van der Waals surface area contributed by atoms with Crippen LogP contribution in [-0.2, 0) is 24.3 Å². The Morgan fingerprint density at radius 1 is 1.25 bits per heavy atom. The van der Waals surface area contributed by atoms with Crippen molar-refractivity contribution in [1.29, 1.82) is 0 Å². The van der Waals surface area contributed by atoms with Gasteiger partial charge < -0.3 is 15.2 Å². The Morgan fingerprint density at radius 2 is 2.04 bits per heavy atom. The zero-order valence-electron chi connectivity index (χ0n) is 16.7. The van der Waals surface area contributed by atoms with Crippen molar-refractivity contribution in [2.45, 2.75) is 38.8 Å². The van der Waals surface area contributed by atoms with E-state index in [1.165, 1.54) is 27.7 Å².